The lowest BCUT2D eigenvalue weighted by Gasteiger charge is -2.23. The Morgan fingerprint density at radius 1 is 1.44 bits per heavy atom. The molecule has 2 atom stereocenters. The molecule has 0 aromatic carbocycles. The Labute approximate surface area is 105 Å². The van der Waals surface area contributed by atoms with Gasteiger partial charge in [-0.25, -0.2) is 4.79 Å². The minimum Gasteiger partial charge on any atom is -0.480 e. The van der Waals surface area contributed by atoms with Crippen LogP contribution in [0.15, 0.2) is 0 Å². The summed E-state index contributed by atoms with van der Waals surface area (Å²) >= 11 is 0. The largest absolute Gasteiger partial charge is 0.480 e. The number of rotatable bonds is 6. The molecule has 1 saturated heterocycles. The lowest BCUT2D eigenvalue weighted by molar-refractivity contribution is -0.142. The minimum absolute atomic E-state index is 0.0244. The van der Waals surface area contributed by atoms with E-state index in [1.54, 1.807) is 0 Å². The van der Waals surface area contributed by atoms with E-state index in [1.807, 2.05) is 0 Å². The first-order valence-corrected chi connectivity index (χ1v) is 6.03. The fraction of sp³-hybridized carbons (Fsp3) is 0.727. The van der Waals surface area contributed by atoms with Crippen molar-refractivity contribution in [1.82, 2.24) is 10.6 Å². The van der Waals surface area contributed by atoms with Crippen LogP contribution in [0.3, 0.4) is 0 Å². The van der Waals surface area contributed by atoms with E-state index in [0.717, 1.165) is 19.4 Å². The first kappa shape index (κ1) is 14.4. The van der Waals surface area contributed by atoms with Gasteiger partial charge in [0.05, 0.1) is 5.92 Å². The Hall–Kier alpha value is -1.63. The fourth-order valence-electron chi connectivity index (χ4n) is 1.91. The van der Waals surface area contributed by atoms with Crippen molar-refractivity contribution in [1.29, 1.82) is 0 Å². The second-order valence-corrected chi connectivity index (χ2v) is 4.45. The Bertz CT molecular complexity index is 326. The normalized spacial score (nSPS) is 21.0. The van der Waals surface area contributed by atoms with Gasteiger partial charge >= 0.3 is 5.97 Å². The van der Waals surface area contributed by atoms with Crippen molar-refractivity contribution in [3.05, 3.63) is 0 Å². The average Bonchev–Trinajstić information content (AvgIpc) is 2.34. The molecule has 0 spiro atoms. The number of piperidine rings is 1. The number of carboxylic acids is 1. The zero-order chi connectivity index (χ0) is 13.5. The highest BCUT2D eigenvalue weighted by Gasteiger charge is 2.26. The molecule has 1 aliphatic heterocycles. The van der Waals surface area contributed by atoms with Gasteiger partial charge in [0.2, 0.25) is 11.8 Å². The summed E-state index contributed by atoms with van der Waals surface area (Å²) in [6, 6.07) is -1.05. The number of hydrogen-bond acceptors (Lipinski definition) is 4. The van der Waals surface area contributed by atoms with Crippen LogP contribution in [0.25, 0.3) is 0 Å². The van der Waals surface area contributed by atoms with E-state index in [2.05, 4.69) is 10.6 Å². The van der Waals surface area contributed by atoms with Gasteiger partial charge in [0.15, 0.2) is 0 Å². The fourth-order valence-corrected chi connectivity index (χ4v) is 1.91. The standard InChI is InChI=1S/C11H19N3O4/c12-9(15)4-3-8(11(17)18)14-10(16)7-2-1-5-13-6-7/h7-8,13H,1-6H2,(H2,12,15)(H,14,16)(H,17,18)/t7-,8?/m0/s1. The van der Waals surface area contributed by atoms with Crippen molar-refractivity contribution in [3.63, 3.8) is 0 Å². The van der Waals surface area contributed by atoms with E-state index in [-0.39, 0.29) is 24.7 Å². The van der Waals surface area contributed by atoms with Gasteiger partial charge in [0, 0.05) is 13.0 Å². The summed E-state index contributed by atoms with van der Waals surface area (Å²) in [6.45, 7) is 1.45. The molecule has 0 radical (unpaired) electrons. The number of primary amides is 1. The number of carbonyl (C=O) groups excluding carboxylic acids is 2. The lowest BCUT2D eigenvalue weighted by atomic mass is 9.98. The Kier molecular flexibility index (Phi) is 5.57. The predicted octanol–water partition coefficient (Wildman–Crippen LogP) is -1.18. The summed E-state index contributed by atoms with van der Waals surface area (Å²) < 4.78 is 0. The molecule has 7 heteroatoms. The Morgan fingerprint density at radius 2 is 2.17 bits per heavy atom. The number of amides is 2. The molecule has 2 amide bonds. The third-order valence-corrected chi connectivity index (χ3v) is 2.96. The van der Waals surface area contributed by atoms with E-state index in [9.17, 15) is 14.4 Å². The van der Waals surface area contributed by atoms with Gasteiger partial charge < -0.3 is 21.5 Å². The second-order valence-electron chi connectivity index (χ2n) is 4.45. The van der Waals surface area contributed by atoms with Crippen LogP contribution >= 0.6 is 0 Å². The summed E-state index contributed by atoms with van der Waals surface area (Å²) in [5.41, 5.74) is 4.96. The number of aliphatic carboxylic acids is 1. The molecule has 102 valence electrons. The van der Waals surface area contributed by atoms with Crippen molar-refractivity contribution < 1.29 is 19.5 Å². The topological polar surface area (TPSA) is 122 Å². The molecule has 1 fully saturated rings. The van der Waals surface area contributed by atoms with Crippen LogP contribution in [0.5, 0.6) is 0 Å². The predicted molar refractivity (Wildman–Crippen MR) is 63.6 cm³/mol. The number of carbonyl (C=O) groups is 3. The zero-order valence-electron chi connectivity index (χ0n) is 10.1. The quantitative estimate of drug-likeness (QED) is 0.477. The van der Waals surface area contributed by atoms with Gasteiger partial charge in [-0.3, -0.25) is 9.59 Å². The van der Waals surface area contributed by atoms with Crippen molar-refractivity contribution in [2.24, 2.45) is 11.7 Å². The molecule has 0 bridgehead atoms. The molecule has 0 aromatic rings. The van der Waals surface area contributed by atoms with Gasteiger partial charge in [0.25, 0.3) is 0 Å². The monoisotopic (exact) mass is 257 g/mol. The van der Waals surface area contributed by atoms with Crippen LogP contribution in [0.4, 0.5) is 0 Å². The van der Waals surface area contributed by atoms with Crippen LogP contribution in [-0.2, 0) is 14.4 Å². The van der Waals surface area contributed by atoms with Crippen LogP contribution < -0.4 is 16.4 Å². The van der Waals surface area contributed by atoms with Crippen molar-refractivity contribution in [2.45, 2.75) is 31.7 Å². The van der Waals surface area contributed by atoms with Crippen LogP contribution in [-0.4, -0.2) is 42.0 Å². The Balaban J connectivity index is 2.46. The first-order valence-electron chi connectivity index (χ1n) is 6.03. The van der Waals surface area contributed by atoms with Crippen LogP contribution in [0, 0.1) is 5.92 Å². The molecular formula is C11H19N3O4. The molecule has 1 aliphatic rings. The van der Waals surface area contributed by atoms with Gasteiger partial charge in [0.1, 0.15) is 6.04 Å². The SMILES string of the molecule is NC(=O)CCC(NC(=O)[C@H]1CCCNC1)C(=O)O. The number of hydrogen-bond donors (Lipinski definition) is 4. The molecule has 7 nitrogen and oxygen atoms in total. The molecule has 1 heterocycles. The maximum atomic E-state index is 11.8. The van der Waals surface area contributed by atoms with Crippen molar-refractivity contribution in [3.8, 4) is 0 Å². The molecule has 1 rings (SSSR count). The maximum absolute atomic E-state index is 11.8. The van der Waals surface area contributed by atoms with Gasteiger partial charge in [-0.1, -0.05) is 0 Å². The summed E-state index contributed by atoms with van der Waals surface area (Å²) in [7, 11) is 0. The number of carboxylic acid groups (broad SMARTS) is 1. The highest BCUT2D eigenvalue weighted by atomic mass is 16.4. The third kappa shape index (κ3) is 4.70. The highest BCUT2D eigenvalue weighted by Crippen LogP contribution is 2.10. The molecular weight excluding hydrogens is 238 g/mol. The summed E-state index contributed by atoms with van der Waals surface area (Å²) in [6.07, 6.45) is 1.62. The van der Waals surface area contributed by atoms with Gasteiger partial charge in [-0.15, -0.1) is 0 Å². The highest BCUT2D eigenvalue weighted by molar-refractivity contribution is 5.85. The molecule has 0 saturated carbocycles. The molecule has 18 heavy (non-hydrogen) atoms. The molecule has 0 aliphatic carbocycles. The molecule has 1 unspecified atom stereocenters. The van der Waals surface area contributed by atoms with E-state index in [0.29, 0.717) is 6.54 Å². The third-order valence-electron chi connectivity index (χ3n) is 2.96. The second kappa shape index (κ2) is 6.95. The summed E-state index contributed by atoms with van der Waals surface area (Å²) in [5.74, 6) is -2.20. The Morgan fingerprint density at radius 3 is 2.67 bits per heavy atom. The zero-order valence-corrected chi connectivity index (χ0v) is 10.1. The van der Waals surface area contributed by atoms with E-state index >= 15 is 0 Å². The van der Waals surface area contributed by atoms with E-state index in [1.165, 1.54) is 0 Å². The van der Waals surface area contributed by atoms with E-state index < -0.39 is 17.9 Å². The number of nitrogens with two attached hydrogens (primary N) is 1. The number of nitrogens with one attached hydrogen (secondary N) is 2. The molecule has 0 aromatic heterocycles. The van der Waals surface area contributed by atoms with Crippen LogP contribution in [0.2, 0.25) is 0 Å². The summed E-state index contributed by atoms with van der Waals surface area (Å²) in [5, 5.41) is 14.5. The van der Waals surface area contributed by atoms with Crippen LogP contribution in [0.1, 0.15) is 25.7 Å². The van der Waals surface area contributed by atoms with Gasteiger partial charge in [-0.2, -0.15) is 0 Å². The lowest BCUT2D eigenvalue weighted by Crippen LogP contribution is -2.47. The maximum Gasteiger partial charge on any atom is 0.326 e. The molecule has 5 N–H and O–H groups in total. The minimum atomic E-state index is -1.15. The van der Waals surface area contributed by atoms with E-state index in [4.69, 9.17) is 10.8 Å². The first-order chi connectivity index (χ1) is 8.50. The smallest absolute Gasteiger partial charge is 0.326 e. The average molecular weight is 257 g/mol. The van der Waals surface area contributed by atoms with Gasteiger partial charge in [-0.05, 0) is 25.8 Å². The summed E-state index contributed by atoms with van der Waals surface area (Å²) in [4.78, 5) is 33.4. The van der Waals surface area contributed by atoms with Crippen molar-refractivity contribution >= 4 is 17.8 Å². The van der Waals surface area contributed by atoms with Crippen molar-refractivity contribution in [2.75, 3.05) is 13.1 Å².